The zero-order valence-corrected chi connectivity index (χ0v) is 48.2. The van der Waals surface area contributed by atoms with E-state index >= 15 is 0 Å². The minimum absolute atomic E-state index is 0.150. The highest BCUT2D eigenvalue weighted by Crippen LogP contribution is 2.43. The van der Waals surface area contributed by atoms with E-state index in [1.807, 2.05) is 0 Å². The van der Waals surface area contributed by atoms with Crippen molar-refractivity contribution in [1.29, 1.82) is 0 Å². The van der Waals surface area contributed by atoms with Gasteiger partial charge in [-0.25, -0.2) is 4.57 Å². The van der Waals surface area contributed by atoms with Crippen LogP contribution in [0.3, 0.4) is 0 Å². The van der Waals surface area contributed by atoms with Gasteiger partial charge in [-0.1, -0.05) is 235 Å². The highest BCUT2D eigenvalue weighted by Gasteiger charge is 2.28. The van der Waals surface area contributed by atoms with E-state index in [-0.39, 0.29) is 25.9 Å². The zero-order valence-electron chi connectivity index (χ0n) is 47.3. The summed E-state index contributed by atoms with van der Waals surface area (Å²) in [5, 5.41) is 9.81. The number of phosphoric acid groups is 1. The first-order chi connectivity index (χ1) is 36.2. The fourth-order valence-corrected chi connectivity index (χ4v) is 8.88. The summed E-state index contributed by atoms with van der Waals surface area (Å²) in [4.78, 5) is 48.6. The van der Waals surface area contributed by atoms with Crippen LogP contribution in [-0.4, -0.2) is 66.5 Å². The molecule has 0 bridgehead atoms. The molecule has 0 saturated heterocycles. The minimum Gasteiger partial charge on any atom is -0.462 e. The molecule has 0 aliphatic rings. The first-order valence-corrected chi connectivity index (χ1v) is 31.3. The summed E-state index contributed by atoms with van der Waals surface area (Å²) in [6, 6.07) is 0. The number of aliphatic hydroxyl groups excluding tert-OH is 1. The molecule has 3 unspecified atom stereocenters. The van der Waals surface area contributed by atoms with Crippen LogP contribution in [0.4, 0.5) is 0 Å². The molecule has 0 aromatic rings. The molecule has 0 rings (SSSR count). The molecule has 0 amide bonds. The molecule has 0 heterocycles. The smallest absolute Gasteiger partial charge is 0.462 e. The molecule has 0 spiro atoms. The summed E-state index contributed by atoms with van der Waals surface area (Å²) in [6.45, 7) is 4.46. The molecule has 12 heteroatoms. The van der Waals surface area contributed by atoms with Crippen molar-refractivity contribution >= 4 is 25.7 Å². The molecular formula is C62H109O11P. The normalized spacial score (nSPS) is 13.9. The van der Waals surface area contributed by atoms with Gasteiger partial charge < -0.3 is 24.2 Å². The van der Waals surface area contributed by atoms with E-state index in [4.69, 9.17) is 23.3 Å². The summed E-state index contributed by atoms with van der Waals surface area (Å²) in [7, 11) is -4.76. The second-order valence-electron chi connectivity index (χ2n) is 19.8. The van der Waals surface area contributed by atoms with Crippen LogP contribution in [0.5, 0.6) is 0 Å². The molecule has 0 aliphatic carbocycles. The average Bonchev–Trinajstić information content (AvgIpc) is 3.39. The second kappa shape index (κ2) is 56.1. The molecule has 0 aromatic carbocycles. The number of carbonyl (C=O) groups is 3. The SMILES string of the molecule is CC/C=C\C/C=C\C/C=C\C/C=C\CCCCCCCCC(=O)OC(COC(=O)CCCCCCCCCCCCCCCCC)COP(=O)(O)OCC(CO)OC(=O)CCCCCCC/C=C\C/C=C\CCC. The number of phosphoric ester groups is 1. The number of rotatable bonds is 55. The highest BCUT2D eigenvalue weighted by atomic mass is 31.2. The lowest BCUT2D eigenvalue weighted by molar-refractivity contribution is -0.161. The third-order valence-corrected chi connectivity index (χ3v) is 13.5. The van der Waals surface area contributed by atoms with Crippen LogP contribution in [-0.2, 0) is 42.2 Å². The molecule has 0 aromatic heterocycles. The number of unbranched alkanes of at least 4 members (excludes halogenated alkanes) is 26. The van der Waals surface area contributed by atoms with Gasteiger partial charge in [0.2, 0.25) is 0 Å². The Morgan fingerprint density at radius 2 is 0.730 bits per heavy atom. The number of ether oxygens (including phenoxy) is 3. The van der Waals surface area contributed by atoms with Gasteiger partial charge in [0.15, 0.2) is 6.10 Å². The summed E-state index contributed by atoms with van der Waals surface area (Å²) in [5.41, 5.74) is 0. The zero-order chi connectivity index (χ0) is 54.1. The Kier molecular flexibility index (Phi) is 53.8. The molecule has 74 heavy (non-hydrogen) atoms. The van der Waals surface area contributed by atoms with E-state index in [2.05, 4.69) is 93.7 Å². The van der Waals surface area contributed by atoms with E-state index in [1.54, 1.807) is 0 Å². The molecule has 0 saturated carbocycles. The molecule has 0 fully saturated rings. The molecular weight excluding hydrogens is 952 g/mol. The van der Waals surface area contributed by atoms with Crippen LogP contribution < -0.4 is 0 Å². The van der Waals surface area contributed by atoms with Gasteiger partial charge in [-0.15, -0.1) is 0 Å². The van der Waals surface area contributed by atoms with E-state index < -0.39 is 57.8 Å². The summed E-state index contributed by atoms with van der Waals surface area (Å²) >= 11 is 0. The summed E-state index contributed by atoms with van der Waals surface area (Å²) < 4.78 is 39.5. The topological polar surface area (TPSA) is 155 Å². The monoisotopic (exact) mass is 1060 g/mol. The van der Waals surface area contributed by atoms with Gasteiger partial charge in [-0.05, 0) is 83.5 Å². The third kappa shape index (κ3) is 53.7. The fraction of sp³-hybridized carbons (Fsp3) is 0.758. The Morgan fingerprint density at radius 3 is 1.14 bits per heavy atom. The molecule has 428 valence electrons. The summed E-state index contributed by atoms with van der Waals surface area (Å²) in [6.07, 6.45) is 62.8. The van der Waals surface area contributed by atoms with Crippen molar-refractivity contribution < 1.29 is 52.2 Å². The van der Waals surface area contributed by atoms with Gasteiger partial charge in [-0.2, -0.15) is 0 Å². The Morgan fingerprint density at radius 1 is 0.392 bits per heavy atom. The van der Waals surface area contributed by atoms with Crippen LogP contribution in [0.15, 0.2) is 72.9 Å². The first-order valence-electron chi connectivity index (χ1n) is 29.8. The van der Waals surface area contributed by atoms with Gasteiger partial charge in [0, 0.05) is 19.3 Å². The van der Waals surface area contributed by atoms with Crippen molar-refractivity contribution in [2.75, 3.05) is 26.4 Å². The van der Waals surface area contributed by atoms with Crippen molar-refractivity contribution in [3.05, 3.63) is 72.9 Å². The van der Waals surface area contributed by atoms with Crippen molar-refractivity contribution in [2.45, 2.75) is 277 Å². The predicted octanol–water partition coefficient (Wildman–Crippen LogP) is 17.7. The Labute approximate surface area is 452 Å². The van der Waals surface area contributed by atoms with Crippen LogP contribution in [0.1, 0.15) is 265 Å². The molecule has 3 atom stereocenters. The number of esters is 3. The fourth-order valence-electron chi connectivity index (χ4n) is 8.09. The number of hydrogen-bond acceptors (Lipinski definition) is 10. The Hall–Kier alpha value is -3.08. The maximum Gasteiger partial charge on any atom is 0.472 e. The maximum absolute atomic E-state index is 12.9. The third-order valence-electron chi connectivity index (χ3n) is 12.6. The molecule has 0 aliphatic heterocycles. The van der Waals surface area contributed by atoms with Crippen molar-refractivity contribution in [2.24, 2.45) is 0 Å². The van der Waals surface area contributed by atoms with Gasteiger partial charge in [0.1, 0.15) is 12.7 Å². The lowest BCUT2D eigenvalue weighted by atomic mass is 10.0. The van der Waals surface area contributed by atoms with Crippen LogP contribution in [0.2, 0.25) is 0 Å². The summed E-state index contributed by atoms with van der Waals surface area (Å²) in [5.74, 6) is -1.49. The predicted molar refractivity (Wildman–Crippen MR) is 307 cm³/mol. The van der Waals surface area contributed by atoms with Crippen molar-refractivity contribution in [1.82, 2.24) is 0 Å². The van der Waals surface area contributed by atoms with E-state index in [1.165, 1.54) is 77.0 Å². The van der Waals surface area contributed by atoms with Gasteiger partial charge in [0.25, 0.3) is 0 Å². The first kappa shape index (κ1) is 70.9. The standard InChI is InChI=1S/C62H109O11P/c1-4-7-10-13-16-19-22-25-27-28-29-30-32-35-38-41-44-47-50-53-62(66)73-59(55-69-60(64)51-48-45-42-39-36-34-31-26-23-20-17-14-11-8-5-2)57-71-74(67,68)70-56-58(54-63)72-61(65)52-49-46-43-40-37-33-24-21-18-15-12-9-6-3/h7,10,12,15-16,19,21,24-25,27,29-30,58-59,63H,4-6,8-9,11,13-14,17-18,20,22-23,26,28,31-57H2,1-3H3,(H,67,68)/b10-7-,15-12-,19-16-,24-21-,27-25-,30-29-. The number of aliphatic hydroxyl groups is 1. The molecule has 0 radical (unpaired) electrons. The number of carbonyl (C=O) groups excluding carboxylic acids is 3. The number of hydrogen-bond donors (Lipinski definition) is 2. The maximum atomic E-state index is 12.9. The van der Waals surface area contributed by atoms with Crippen molar-refractivity contribution in [3.8, 4) is 0 Å². The minimum atomic E-state index is -4.76. The number of allylic oxidation sites excluding steroid dienone is 12. The largest absolute Gasteiger partial charge is 0.472 e. The van der Waals surface area contributed by atoms with Gasteiger partial charge >= 0.3 is 25.7 Å². The molecule has 2 N–H and O–H groups in total. The van der Waals surface area contributed by atoms with E-state index in [9.17, 15) is 28.9 Å². The van der Waals surface area contributed by atoms with Gasteiger partial charge in [0.05, 0.1) is 19.8 Å². The molecule has 11 nitrogen and oxygen atoms in total. The lowest BCUT2D eigenvalue weighted by Gasteiger charge is -2.21. The Bertz CT molecular complexity index is 1520. The van der Waals surface area contributed by atoms with E-state index in [0.29, 0.717) is 19.3 Å². The second-order valence-corrected chi connectivity index (χ2v) is 21.2. The highest BCUT2D eigenvalue weighted by molar-refractivity contribution is 7.47. The van der Waals surface area contributed by atoms with Gasteiger partial charge in [-0.3, -0.25) is 23.4 Å². The van der Waals surface area contributed by atoms with E-state index in [0.717, 1.165) is 128 Å². The van der Waals surface area contributed by atoms with Crippen LogP contribution in [0.25, 0.3) is 0 Å². The van der Waals surface area contributed by atoms with Crippen LogP contribution >= 0.6 is 7.82 Å². The quantitative estimate of drug-likeness (QED) is 0.0197. The Balaban J connectivity index is 4.75. The lowest BCUT2D eigenvalue weighted by Crippen LogP contribution is -2.30. The van der Waals surface area contributed by atoms with Crippen molar-refractivity contribution in [3.63, 3.8) is 0 Å². The van der Waals surface area contributed by atoms with Crippen LogP contribution in [0, 0.1) is 0 Å². The average molecular weight is 1060 g/mol.